The third-order valence-corrected chi connectivity index (χ3v) is 2.91. The molecular formula is C12H14O2. The van der Waals surface area contributed by atoms with Gasteiger partial charge in [-0.2, -0.15) is 0 Å². The number of Topliss-reactive ketones (excluding diaryl/α,β-unsaturated/α-hetero) is 1. The first kappa shape index (κ1) is 9.25. The topological polar surface area (TPSA) is 26.3 Å². The first-order valence-electron chi connectivity index (χ1n) is 4.89. The van der Waals surface area contributed by atoms with Crippen LogP contribution in [0.4, 0.5) is 0 Å². The maximum absolute atomic E-state index is 11.3. The fraction of sp³-hybridized carbons (Fsp3) is 0.417. The Morgan fingerprint density at radius 3 is 2.79 bits per heavy atom. The summed E-state index contributed by atoms with van der Waals surface area (Å²) in [6.45, 7) is 2.06. The lowest BCUT2D eigenvalue weighted by atomic mass is 9.87. The van der Waals surface area contributed by atoms with Crippen molar-refractivity contribution in [3.8, 4) is 5.75 Å². The second-order valence-corrected chi connectivity index (χ2v) is 3.75. The number of methoxy groups -OCH3 is 1. The monoisotopic (exact) mass is 190 g/mol. The van der Waals surface area contributed by atoms with Gasteiger partial charge in [0.05, 0.1) is 7.11 Å². The van der Waals surface area contributed by atoms with E-state index in [2.05, 4.69) is 6.92 Å². The zero-order valence-electron chi connectivity index (χ0n) is 8.59. The number of carbonyl (C=O) groups is 1. The van der Waals surface area contributed by atoms with Crippen LogP contribution >= 0.6 is 0 Å². The van der Waals surface area contributed by atoms with Crippen LogP contribution in [0.1, 0.15) is 23.1 Å². The highest BCUT2D eigenvalue weighted by Gasteiger charge is 2.18. The van der Waals surface area contributed by atoms with Crippen LogP contribution in [0.5, 0.6) is 5.75 Å². The number of benzene rings is 1. The molecule has 74 valence electrons. The first-order chi connectivity index (χ1) is 6.72. The molecule has 1 aromatic rings. The van der Waals surface area contributed by atoms with Crippen molar-refractivity contribution in [3.63, 3.8) is 0 Å². The highest BCUT2D eigenvalue weighted by atomic mass is 16.5. The molecule has 14 heavy (non-hydrogen) atoms. The predicted octanol–water partition coefficient (Wildman–Crippen LogP) is 2.06. The van der Waals surface area contributed by atoms with Gasteiger partial charge in [0.15, 0.2) is 0 Å². The minimum atomic E-state index is 0.349. The van der Waals surface area contributed by atoms with E-state index >= 15 is 0 Å². The summed E-state index contributed by atoms with van der Waals surface area (Å²) in [5.41, 5.74) is 3.68. The Kier molecular flexibility index (Phi) is 2.28. The van der Waals surface area contributed by atoms with E-state index in [4.69, 9.17) is 4.74 Å². The van der Waals surface area contributed by atoms with Crippen LogP contribution in [0, 0.1) is 6.92 Å². The van der Waals surface area contributed by atoms with Gasteiger partial charge in [-0.3, -0.25) is 4.79 Å². The largest absolute Gasteiger partial charge is 0.496 e. The van der Waals surface area contributed by atoms with Crippen LogP contribution in [0.25, 0.3) is 0 Å². The van der Waals surface area contributed by atoms with Crippen LogP contribution in [0.2, 0.25) is 0 Å². The van der Waals surface area contributed by atoms with Gasteiger partial charge < -0.3 is 4.74 Å². The summed E-state index contributed by atoms with van der Waals surface area (Å²) >= 11 is 0. The summed E-state index contributed by atoms with van der Waals surface area (Å²) in [4.78, 5) is 11.3. The van der Waals surface area contributed by atoms with Gasteiger partial charge in [0.25, 0.3) is 0 Å². The summed E-state index contributed by atoms with van der Waals surface area (Å²) < 4.78 is 5.25. The Balaban J connectivity index is 2.48. The minimum absolute atomic E-state index is 0.349. The normalized spacial score (nSPS) is 15.1. The van der Waals surface area contributed by atoms with Gasteiger partial charge >= 0.3 is 0 Å². The Labute approximate surface area is 83.9 Å². The van der Waals surface area contributed by atoms with Gasteiger partial charge in [0.2, 0.25) is 0 Å². The Morgan fingerprint density at radius 1 is 1.29 bits per heavy atom. The van der Waals surface area contributed by atoms with E-state index in [0.717, 1.165) is 12.2 Å². The number of ether oxygens (including phenoxy) is 1. The maximum Gasteiger partial charge on any atom is 0.137 e. The molecule has 0 spiro atoms. The van der Waals surface area contributed by atoms with E-state index in [1.54, 1.807) is 7.11 Å². The van der Waals surface area contributed by atoms with Crippen LogP contribution in [0.3, 0.4) is 0 Å². The summed E-state index contributed by atoms with van der Waals surface area (Å²) in [7, 11) is 1.68. The molecule has 0 atom stereocenters. The van der Waals surface area contributed by atoms with Gasteiger partial charge in [-0.05, 0) is 36.1 Å². The number of carbonyl (C=O) groups excluding carboxylic acids is 1. The lowest BCUT2D eigenvalue weighted by Crippen LogP contribution is -2.14. The van der Waals surface area contributed by atoms with Crippen LogP contribution in [0.15, 0.2) is 12.1 Å². The second kappa shape index (κ2) is 3.45. The molecule has 2 nitrogen and oxygen atoms in total. The van der Waals surface area contributed by atoms with E-state index in [9.17, 15) is 4.79 Å². The summed E-state index contributed by atoms with van der Waals surface area (Å²) in [6.07, 6.45) is 2.15. The van der Waals surface area contributed by atoms with E-state index < -0.39 is 0 Å². The average Bonchev–Trinajstić information content (AvgIpc) is 2.18. The number of hydrogen-bond donors (Lipinski definition) is 0. The molecule has 0 N–H and O–H groups in total. The summed E-state index contributed by atoms with van der Waals surface area (Å²) in [5.74, 6) is 1.28. The maximum atomic E-state index is 11.3. The Bertz CT molecular complexity index is 380. The van der Waals surface area contributed by atoms with Crippen molar-refractivity contribution in [1.82, 2.24) is 0 Å². The van der Waals surface area contributed by atoms with Gasteiger partial charge in [0, 0.05) is 12.8 Å². The average molecular weight is 190 g/mol. The third-order valence-electron chi connectivity index (χ3n) is 2.91. The molecule has 2 heteroatoms. The lowest BCUT2D eigenvalue weighted by Gasteiger charge is -2.18. The zero-order valence-corrected chi connectivity index (χ0v) is 8.59. The van der Waals surface area contributed by atoms with Crippen molar-refractivity contribution in [1.29, 1.82) is 0 Å². The lowest BCUT2D eigenvalue weighted by molar-refractivity contribution is -0.118. The molecule has 0 heterocycles. The number of rotatable bonds is 1. The molecule has 2 rings (SSSR count). The smallest absolute Gasteiger partial charge is 0.137 e. The number of fused-ring (bicyclic) bond motifs is 1. The molecule has 0 amide bonds. The molecule has 0 unspecified atom stereocenters. The number of hydrogen-bond acceptors (Lipinski definition) is 2. The molecule has 0 saturated carbocycles. The van der Waals surface area contributed by atoms with Crippen molar-refractivity contribution in [2.75, 3.05) is 7.11 Å². The van der Waals surface area contributed by atoms with E-state index in [1.165, 1.54) is 16.7 Å². The zero-order chi connectivity index (χ0) is 10.1. The van der Waals surface area contributed by atoms with Crippen molar-refractivity contribution < 1.29 is 9.53 Å². The van der Waals surface area contributed by atoms with Crippen molar-refractivity contribution in [3.05, 3.63) is 28.8 Å². The SMILES string of the molecule is COc1ccc2c(c1C)CCC(=O)C2. The number of ketones is 1. The van der Waals surface area contributed by atoms with E-state index in [1.807, 2.05) is 12.1 Å². The van der Waals surface area contributed by atoms with Gasteiger partial charge in [0.1, 0.15) is 11.5 Å². The fourth-order valence-electron chi connectivity index (χ4n) is 2.09. The molecule has 0 radical (unpaired) electrons. The third kappa shape index (κ3) is 1.41. The van der Waals surface area contributed by atoms with Gasteiger partial charge in [-0.15, -0.1) is 0 Å². The van der Waals surface area contributed by atoms with Gasteiger partial charge in [-0.1, -0.05) is 6.07 Å². The summed E-state index contributed by atoms with van der Waals surface area (Å²) in [5, 5.41) is 0. The Morgan fingerprint density at radius 2 is 2.07 bits per heavy atom. The molecule has 0 fully saturated rings. The fourth-order valence-corrected chi connectivity index (χ4v) is 2.09. The molecule has 0 bridgehead atoms. The predicted molar refractivity (Wildman–Crippen MR) is 54.8 cm³/mol. The molecule has 0 aliphatic heterocycles. The minimum Gasteiger partial charge on any atom is -0.496 e. The standard InChI is InChI=1S/C12H14O2/c1-8-11-5-4-10(13)7-9(11)3-6-12(8)14-2/h3,6H,4-5,7H2,1-2H3. The van der Waals surface area contributed by atoms with E-state index in [-0.39, 0.29) is 0 Å². The second-order valence-electron chi connectivity index (χ2n) is 3.75. The quantitative estimate of drug-likeness (QED) is 0.677. The first-order valence-corrected chi connectivity index (χ1v) is 4.89. The van der Waals surface area contributed by atoms with Crippen LogP contribution in [-0.2, 0) is 17.6 Å². The highest BCUT2D eigenvalue weighted by Crippen LogP contribution is 2.29. The van der Waals surface area contributed by atoms with Gasteiger partial charge in [-0.25, -0.2) is 0 Å². The van der Waals surface area contributed by atoms with Crippen molar-refractivity contribution in [2.24, 2.45) is 0 Å². The highest BCUT2D eigenvalue weighted by molar-refractivity contribution is 5.83. The van der Waals surface area contributed by atoms with Crippen molar-refractivity contribution >= 4 is 5.78 Å². The van der Waals surface area contributed by atoms with Crippen molar-refractivity contribution in [2.45, 2.75) is 26.2 Å². The molecule has 0 saturated heterocycles. The van der Waals surface area contributed by atoms with E-state index in [0.29, 0.717) is 18.6 Å². The molecule has 1 aliphatic rings. The summed E-state index contributed by atoms with van der Waals surface area (Å²) in [6, 6.07) is 3.96. The molecule has 1 aromatic carbocycles. The van der Waals surface area contributed by atoms with Crippen LogP contribution < -0.4 is 4.74 Å². The molecular weight excluding hydrogens is 176 g/mol. The molecule has 0 aromatic heterocycles. The van der Waals surface area contributed by atoms with Crippen LogP contribution in [-0.4, -0.2) is 12.9 Å². The Hall–Kier alpha value is -1.31. The molecule has 1 aliphatic carbocycles.